The summed E-state index contributed by atoms with van der Waals surface area (Å²) in [5.41, 5.74) is 0. The zero-order valence-electron chi connectivity index (χ0n) is 32.8. The predicted octanol–water partition coefficient (Wildman–Crippen LogP) is 14.6. The molecule has 0 aliphatic rings. The molecule has 0 aliphatic heterocycles. The Balaban J connectivity index is 5.76. The third-order valence-corrected chi connectivity index (χ3v) is 24.7. The van der Waals surface area contributed by atoms with E-state index in [0.717, 1.165) is 35.5 Å². The van der Waals surface area contributed by atoms with Crippen LogP contribution in [0.2, 0.25) is 36.3 Å². The van der Waals surface area contributed by atoms with Crippen LogP contribution in [0.3, 0.4) is 0 Å². The van der Waals surface area contributed by atoms with E-state index in [9.17, 15) is 0 Å². The van der Waals surface area contributed by atoms with E-state index in [2.05, 4.69) is 94.2 Å². The summed E-state index contributed by atoms with van der Waals surface area (Å²) < 4.78 is 3.53. The Morgan fingerprint density at radius 1 is 0.326 bits per heavy atom. The first kappa shape index (κ1) is 43.4. The van der Waals surface area contributed by atoms with Crippen LogP contribution in [-0.4, -0.2) is 27.2 Å². The number of hydrogen-bond acceptors (Lipinski definition) is 1. The molecular weight excluding hydrogens is 551 g/mol. The van der Waals surface area contributed by atoms with E-state index in [4.69, 9.17) is 0 Å². The van der Waals surface area contributed by atoms with Gasteiger partial charge in [0.05, 0.1) is 0 Å². The summed E-state index contributed by atoms with van der Waals surface area (Å²) in [6, 6.07) is 9.11. The highest BCUT2D eigenvalue weighted by molar-refractivity contribution is 6.93. The number of rotatable bonds is 29. The SMILES string of the molecule is CCCCCCCCCCCCCCCCN([Si](CC(C)C)(CC(C)C)CC(C)C)[Si](CC(C)C)(CC(C)C)CC(C)C. The van der Waals surface area contributed by atoms with Crippen LogP contribution in [0, 0.1) is 35.5 Å². The number of hydrogen-bond donors (Lipinski definition) is 0. The van der Waals surface area contributed by atoms with Gasteiger partial charge in [-0.2, -0.15) is 0 Å². The second-order valence-corrected chi connectivity index (χ2v) is 26.7. The Morgan fingerprint density at radius 2 is 0.535 bits per heavy atom. The van der Waals surface area contributed by atoms with Crippen LogP contribution in [0.15, 0.2) is 0 Å². The molecule has 0 rings (SSSR count). The quantitative estimate of drug-likeness (QED) is 0.0582. The lowest BCUT2D eigenvalue weighted by Gasteiger charge is -2.57. The summed E-state index contributed by atoms with van der Waals surface area (Å²) in [6.07, 6.45) is 20.4. The minimum absolute atomic E-state index is 0.812. The Labute approximate surface area is 278 Å². The molecule has 0 radical (unpaired) electrons. The summed E-state index contributed by atoms with van der Waals surface area (Å²) in [6.45, 7) is 34.3. The molecule has 260 valence electrons. The van der Waals surface area contributed by atoms with E-state index in [0.29, 0.717) is 0 Å². The minimum Gasteiger partial charge on any atom is -0.345 e. The van der Waals surface area contributed by atoms with E-state index >= 15 is 0 Å². The monoisotopic (exact) mass is 638 g/mol. The van der Waals surface area contributed by atoms with Gasteiger partial charge in [-0.15, -0.1) is 0 Å². The van der Waals surface area contributed by atoms with Gasteiger partial charge >= 0.3 is 0 Å². The molecule has 0 aromatic rings. The van der Waals surface area contributed by atoms with E-state index in [1.54, 1.807) is 0 Å². The molecule has 0 saturated heterocycles. The highest BCUT2D eigenvalue weighted by Crippen LogP contribution is 2.44. The van der Waals surface area contributed by atoms with E-state index in [1.807, 2.05) is 0 Å². The lowest BCUT2D eigenvalue weighted by molar-refractivity contribution is 0.462. The molecule has 0 unspecified atom stereocenters. The first-order chi connectivity index (χ1) is 20.2. The topological polar surface area (TPSA) is 3.24 Å². The maximum atomic E-state index is 3.53. The van der Waals surface area contributed by atoms with Gasteiger partial charge in [-0.1, -0.05) is 173 Å². The summed E-state index contributed by atoms with van der Waals surface area (Å²) in [7, 11) is -3.32. The predicted molar refractivity (Wildman–Crippen MR) is 206 cm³/mol. The second-order valence-electron chi connectivity index (χ2n) is 17.8. The van der Waals surface area contributed by atoms with Gasteiger partial charge in [-0.25, -0.2) is 0 Å². The van der Waals surface area contributed by atoms with Crippen molar-refractivity contribution >= 4 is 16.5 Å². The lowest BCUT2D eigenvalue weighted by atomic mass is 10.0. The van der Waals surface area contributed by atoms with Crippen molar-refractivity contribution in [3.63, 3.8) is 0 Å². The number of nitrogens with zero attached hydrogens (tertiary/aromatic N) is 1. The van der Waals surface area contributed by atoms with Crippen molar-refractivity contribution in [2.45, 2.75) is 216 Å². The van der Waals surface area contributed by atoms with Crippen LogP contribution in [0.1, 0.15) is 180 Å². The van der Waals surface area contributed by atoms with Crippen molar-refractivity contribution in [3.8, 4) is 0 Å². The standard InChI is InChI=1S/C40H87NSi2/c1-14-15-16-17-18-19-20-21-22-23-24-25-26-27-28-41(42(29-35(2)3,30-36(4)5)31-37(6)7)43(32-38(8)9,33-39(10)11)34-40(12)13/h35-40H,14-34H2,1-13H3. The van der Waals surface area contributed by atoms with Crippen LogP contribution < -0.4 is 0 Å². The highest BCUT2D eigenvalue weighted by atomic mass is 28.4. The normalized spacial score (nSPS) is 13.4. The Bertz CT molecular complexity index is 533. The molecule has 0 bridgehead atoms. The van der Waals surface area contributed by atoms with Gasteiger partial charge in [-0.3, -0.25) is 0 Å². The largest absolute Gasteiger partial charge is 0.345 e. The van der Waals surface area contributed by atoms with Gasteiger partial charge < -0.3 is 4.23 Å². The van der Waals surface area contributed by atoms with Gasteiger partial charge in [0.15, 0.2) is 0 Å². The molecule has 1 nitrogen and oxygen atoms in total. The van der Waals surface area contributed by atoms with Gasteiger partial charge in [0, 0.05) is 0 Å². The van der Waals surface area contributed by atoms with Crippen molar-refractivity contribution in [1.82, 2.24) is 4.23 Å². The zero-order chi connectivity index (χ0) is 32.9. The van der Waals surface area contributed by atoms with E-state index in [-0.39, 0.29) is 0 Å². The maximum absolute atomic E-state index is 3.53. The molecule has 0 saturated carbocycles. The molecule has 3 heteroatoms. The van der Waals surface area contributed by atoms with Gasteiger partial charge in [-0.05, 0) is 84.7 Å². The van der Waals surface area contributed by atoms with Crippen molar-refractivity contribution in [3.05, 3.63) is 0 Å². The van der Waals surface area contributed by atoms with E-state index in [1.165, 1.54) is 133 Å². The van der Waals surface area contributed by atoms with Crippen LogP contribution in [0.5, 0.6) is 0 Å². The molecule has 0 fully saturated rings. The molecular formula is C40H87NSi2. The lowest BCUT2D eigenvalue weighted by Crippen LogP contribution is -2.69. The van der Waals surface area contributed by atoms with Crippen molar-refractivity contribution < 1.29 is 0 Å². The first-order valence-corrected chi connectivity index (χ1v) is 25.1. The van der Waals surface area contributed by atoms with Gasteiger partial charge in [0.25, 0.3) is 0 Å². The van der Waals surface area contributed by atoms with Crippen LogP contribution in [-0.2, 0) is 0 Å². The Morgan fingerprint density at radius 3 is 0.744 bits per heavy atom. The molecule has 0 heterocycles. The fraction of sp³-hybridized carbons (Fsp3) is 1.00. The Kier molecular flexibility index (Phi) is 24.8. The third kappa shape index (κ3) is 20.3. The second kappa shape index (κ2) is 24.6. The summed E-state index contributed by atoms with van der Waals surface area (Å²) in [5, 5.41) is 0. The zero-order valence-corrected chi connectivity index (χ0v) is 34.8. The molecule has 0 aromatic carbocycles. The van der Waals surface area contributed by atoms with Gasteiger partial charge in [0.1, 0.15) is 16.5 Å². The Hall–Kier alpha value is 0.394. The molecule has 0 spiro atoms. The minimum atomic E-state index is -1.66. The summed E-state index contributed by atoms with van der Waals surface area (Å²) in [4.78, 5) is 0. The maximum Gasteiger partial charge on any atom is 0.122 e. The number of unbranched alkanes of at least 4 members (excludes halogenated alkanes) is 13. The molecule has 0 aliphatic carbocycles. The molecule has 0 atom stereocenters. The average Bonchev–Trinajstić information content (AvgIpc) is 2.83. The molecule has 0 amide bonds. The molecule has 43 heavy (non-hydrogen) atoms. The molecule has 0 N–H and O–H groups in total. The van der Waals surface area contributed by atoms with Gasteiger partial charge in [0.2, 0.25) is 0 Å². The third-order valence-electron chi connectivity index (χ3n) is 9.61. The average molecular weight is 638 g/mol. The summed E-state index contributed by atoms with van der Waals surface area (Å²) >= 11 is 0. The van der Waals surface area contributed by atoms with E-state index < -0.39 is 16.5 Å². The fourth-order valence-electron chi connectivity index (χ4n) is 9.16. The van der Waals surface area contributed by atoms with Crippen molar-refractivity contribution in [2.75, 3.05) is 6.54 Å². The van der Waals surface area contributed by atoms with Crippen LogP contribution >= 0.6 is 0 Å². The van der Waals surface area contributed by atoms with Crippen LogP contribution in [0.4, 0.5) is 0 Å². The van der Waals surface area contributed by atoms with Crippen LogP contribution in [0.25, 0.3) is 0 Å². The first-order valence-electron chi connectivity index (χ1n) is 20.0. The smallest absolute Gasteiger partial charge is 0.122 e. The van der Waals surface area contributed by atoms with Crippen molar-refractivity contribution in [1.29, 1.82) is 0 Å². The fourth-order valence-corrected chi connectivity index (χ4v) is 27.5. The molecule has 0 aromatic heterocycles. The van der Waals surface area contributed by atoms with Crippen molar-refractivity contribution in [2.24, 2.45) is 35.5 Å². The highest BCUT2D eigenvalue weighted by Gasteiger charge is 2.51. The summed E-state index contributed by atoms with van der Waals surface area (Å²) in [5.74, 6) is 4.87.